The number of ether oxygens (including phenoxy) is 1. The van der Waals surface area contributed by atoms with E-state index in [2.05, 4.69) is 20.6 Å². The minimum atomic E-state index is -0.133. The number of aromatic nitrogens is 2. The van der Waals surface area contributed by atoms with Crippen molar-refractivity contribution in [2.24, 2.45) is 0 Å². The van der Waals surface area contributed by atoms with Crippen molar-refractivity contribution in [1.82, 2.24) is 15.3 Å². The number of hydrogen-bond acceptors (Lipinski definition) is 5. The quantitative estimate of drug-likeness (QED) is 0.789. The highest BCUT2D eigenvalue weighted by Gasteiger charge is 2.05. The van der Waals surface area contributed by atoms with Gasteiger partial charge in [0.25, 0.3) is 5.91 Å². The number of rotatable bonds is 6. The first-order chi connectivity index (χ1) is 10.2. The van der Waals surface area contributed by atoms with E-state index in [1.54, 1.807) is 43.8 Å². The molecule has 0 aliphatic rings. The Morgan fingerprint density at radius 2 is 2.14 bits per heavy atom. The van der Waals surface area contributed by atoms with Gasteiger partial charge in [-0.3, -0.25) is 9.78 Å². The fraction of sp³-hybridized carbons (Fsp3) is 0.267. The van der Waals surface area contributed by atoms with Crippen LogP contribution in [-0.4, -0.2) is 36.1 Å². The van der Waals surface area contributed by atoms with Crippen molar-refractivity contribution >= 4 is 11.7 Å². The van der Waals surface area contributed by atoms with Crippen molar-refractivity contribution in [2.75, 3.05) is 25.5 Å². The number of nitrogens with one attached hydrogen (secondary N) is 2. The molecule has 2 N–H and O–H groups in total. The molecule has 0 fully saturated rings. The zero-order valence-corrected chi connectivity index (χ0v) is 12.1. The van der Waals surface area contributed by atoms with E-state index in [1.807, 2.05) is 6.92 Å². The molecule has 0 bridgehead atoms. The average Bonchev–Trinajstić information content (AvgIpc) is 2.51. The summed E-state index contributed by atoms with van der Waals surface area (Å²) in [5, 5.41) is 5.93. The summed E-state index contributed by atoms with van der Waals surface area (Å²) >= 11 is 0. The highest BCUT2D eigenvalue weighted by atomic mass is 16.5. The Hall–Kier alpha value is -2.63. The third kappa shape index (κ3) is 4.45. The molecule has 0 spiro atoms. The predicted octanol–water partition coefficient (Wildman–Crippen LogP) is 1.64. The Balaban J connectivity index is 1.79. The highest BCUT2D eigenvalue weighted by molar-refractivity contribution is 5.94. The van der Waals surface area contributed by atoms with Gasteiger partial charge in [0, 0.05) is 24.8 Å². The van der Waals surface area contributed by atoms with Crippen LogP contribution in [0, 0.1) is 6.92 Å². The summed E-state index contributed by atoms with van der Waals surface area (Å²) < 4.78 is 5.09. The lowest BCUT2D eigenvalue weighted by Gasteiger charge is -2.08. The second-order valence-electron chi connectivity index (χ2n) is 4.46. The van der Waals surface area contributed by atoms with Crippen LogP contribution in [0.25, 0.3) is 0 Å². The first kappa shape index (κ1) is 14.8. The molecule has 110 valence electrons. The maximum Gasteiger partial charge on any atom is 0.251 e. The molecular weight excluding hydrogens is 268 g/mol. The van der Waals surface area contributed by atoms with Gasteiger partial charge in [0.15, 0.2) is 0 Å². The summed E-state index contributed by atoms with van der Waals surface area (Å²) in [5.41, 5.74) is 1.42. The molecule has 1 heterocycles. The van der Waals surface area contributed by atoms with Crippen LogP contribution in [0.5, 0.6) is 5.75 Å². The maximum absolute atomic E-state index is 12.0. The van der Waals surface area contributed by atoms with Crippen LogP contribution in [0.1, 0.15) is 16.1 Å². The summed E-state index contributed by atoms with van der Waals surface area (Å²) in [5.74, 6) is 1.23. The smallest absolute Gasteiger partial charge is 0.251 e. The van der Waals surface area contributed by atoms with E-state index < -0.39 is 0 Å². The molecule has 0 saturated heterocycles. The molecule has 1 amide bonds. The summed E-state index contributed by atoms with van der Waals surface area (Å²) in [6, 6.07) is 7.04. The molecule has 6 heteroatoms. The summed E-state index contributed by atoms with van der Waals surface area (Å²) in [6.45, 7) is 2.95. The van der Waals surface area contributed by atoms with Gasteiger partial charge in [-0.25, -0.2) is 4.98 Å². The van der Waals surface area contributed by atoms with Crippen LogP contribution in [0.4, 0.5) is 5.82 Å². The molecule has 0 radical (unpaired) electrons. The Morgan fingerprint density at radius 3 is 2.90 bits per heavy atom. The van der Waals surface area contributed by atoms with Gasteiger partial charge in [-0.05, 0) is 25.1 Å². The number of anilines is 1. The molecule has 0 atom stereocenters. The third-order valence-corrected chi connectivity index (χ3v) is 2.80. The number of nitrogens with zero attached hydrogens (tertiary/aromatic N) is 2. The zero-order valence-electron chi connectivity index (χ0n) is 12.1. The molecule has 2 rings (SSSR count). The fourth-order valence-electron chi connectivity index (χ4n) is 1.78. The Morgan fingerprint density at radius 1 is 1.29 bits per heavy atom. The van der Waals surface area contributed by atoms with Crippen LogP contribution in [-0.2, 0) is 0 Å². The lowest BCUT2D eigenvalue weighted by atomic mass is 10.2. The number of benzene rings is 1. The molecule has 1 aromatic carbocycles. The SMILES string of the molecule is COc1cccc(C(=O)NCCNc2cncc(C)n2)c1. The minimum Gasteiger partial charge on any atom is -0.497 e. The van der Waals surface area contributed by atoms with Crippen LogP contribution in [0.2, 0.25) is 0 Å². The number of aryl methyl sites for hydroxylation is 1. The minimum absolute atomic E-state index is 0.133. The first-order valence-electron chi connectivity index (χ1n) is 6.64. The number of carbonyl (C=O) groups excluding carboxylic acids is 1. The van der Waals surface area contributed by atoms with Gasteiger partial charge in [-0.2, -0.15) is 0 Å². The van der Waals surface area contributed by atoms with Gasteiger partial charge in [0.1, 0.15) is 11.6 Å². The first-order valence-corrected chi connectivity index (χ1v) is 6.64. The van der Waals surface area contributed by atoms with Crippen molar-refractivity contribution in [1.29, 1.82) is 0 Å². The second kappa shape index (κ2) is 7.23. The van der Waals surface area contributed by atoms with Crippen LogP contribution in [0.3, 0.4) is 0 Å². The second-order valence-corrected chi connectivity index (χ2v) is 4.46. The van der Waals surface area contributed by atoms with E-state index in [9.17, 15) is 4.79 Å². The predicted molar refractivity (Wildman–Crippen MR) is 80.6 cm³/mol. The summed E-state index contributed by atoms with van der Waals surface area (Å²) in [6.07, 6.45) is 3.34. The molecule has 2 aromatic rings. The van der Waals surface area contributed by atoms with Crippen LogP contribution < -0.4 is 15.4 Å². The monoisotopic (exact) mass is 286 g/mol. The van der Waals surface area contributed by atoms with Crippen molar-refractivity contribution in [2.45, 2.75) is 6.92 Å². The number of methoxy groups -OCH3 is 1. The maximum atomic E-state index is 12.0. The van der Waals surface area contributed by atoms with Crippen molar-refractivity contribution in [3.63, 3.8) is 0 Å². The lowest BCUT2D eigenvalue weighted by Crippen LogP contribution is -2.28. The van der Waals surface area contributed by atoms with E-state index in [0.29, 0.717) is 30.2 Å². The molecule has 0 aliphatic carbocycles. The Bertz CT molecular complexity index is 616. The molecule has 6 nitrogen and oxygen atoms in total. The van der Waals surface area contributed by atoms with E-state index >= 15 is 0 Å². The Labute approximate surface area is 123 Å². The highest BCUT2D eigenvalue weighted by Crippen LogP contribution is 2.12. The van der Waals surface area contributed by atoms with E-state index in [1.165, 1.54) is 0 Å². The number of amides is 1. The van der Waals surface area contributed by atoms with Gasteiger partial charge in [-0.1, -0.05) is 6.07 Å². The summed E-state index contributed by atoms with van der Waals surface area (Å²) in [4.78, 5) is 20.3. The normalized spacial score (nSPS) is 10.0. The molecular formula is C15H18N4O2. The van der Waals surface area contributed by atoms with Gasteiger partial charge >= 0.3 is 0 Å². The number of hydrogen-bond donors (Lipinski definition) is 2. The lowest BCUT2D eigenvalue weighted by molar-refractivity contribution is 0.0955. The van der Waals surface area contributed by atoms with Crippen molar-refractivity contribution in [3.05, 3.63) is 47.9 Å². The third-order valence-electron chi connectivity index (χ3n) is 2.80. The van der Waals surface area contributed by atoms with Crippen molar-refractivity contribution in [3.8, 4) is 5.75 Å². The standard InChI is InChI=1S/C15H18N4O2/c1-11-9-16-10-14(19-11)17-6-7-18-15(20)12-4-3-5-13(8-12)21-2/h3-5,8-10H,6-7H2,1-2H3,(H,17,19)(H,18,20). The van der Waals surface area contributed by atoms with Gasteiger partial charge in [-0.15, -0.1) is 0 Å². The van der Waals surface area contributed by atoms with Gasteiger partial charge in [0.2, 0.25) is 0 Å². The van der Waals surface area contributed by atoms with E-state index in [4.69, 9.17) is 4.74 Å². The molecule has 1 aromatic heterocycles. The largest absolute Gasteiger partial charge is 0.497 e. The van der Waals surface area contributed by atoms with Crippen molar-refractivity contribution < 1.29 is 9.53 Å². The molecule has 0 saturated carbocycles. The molecule has 0 aliphatic heterocycles. The topological polar surface area (TPSA) is 76.1 Å². The number of carbonyl (C=O) groups is 1. The van der Waals surface area contributed by atoms with Gasteiger partial charge < -0.3 is 15.4 Å². The van der Waals surface area contributed by atoms with E-state index in [0.717, 1.165) is 5.69 Å². The molecule has 21 heavy (non-hydrogen) atoms. The zero-order chi connectivity index (χ0) is 15.1. The molecule has 0 unspecified atom stereocenters. The van der Waals surface area contributed by atoms with Crippen LogP contribution >= 0.6 is 0 Å². The summed E-state index contributed by atoms with van der Waals surface area (Å²) in [7, 11) is 1.57. The van der Waals surface area contributed by atoms with Gasteiger partial charge in [0.05, 0.1) is 19.0 Å². The average molecular weight is 286 g/mol. The van der Waals surface area contributed by atoms with Crippen LogP contribution in [0.15, 0.2) is 36.7 Å². The fourth-order valence-corrected chi connectivity index (χ4v) is 1.78. The van der Waals surface area contributed by atoms with E-state index in [-0.39, 0.29) is 5.91 Å². The Kier molecular flexibility index (Phi) is 5.09.